The fourth-order valence-corrected chi connectivity index (χ4v) is 1.84. The maximum Gasteiger partial charge on any atom is 0.325 e. The van der Waals surface area contributed by atoms with E-state index in [0.717, 1.165) is 0 Å². The minimum atomic E-state index is -0.492. The Morgan fingerprint density at radius 2 is 2.28 bits per heavy atom. The number of methoxy groups -OCH3 is 1. The lowest BCUT2D eigenvalue weighted by Gasteiger charge is -2.08. The van der Waals surface area contributed by atoms with Crippen LogP contribution in [0.2, 0.25) is 0 Å². The molecule has 0 N–H and O–H groups in total. The van der Waals surface area contributed by atoms with Crippen LogP contribution in [0.5, 0.6) is 0 Å². The summed E-state index contributed by atoms with van der Waals surface area (Å²) in [5.41, 5.74) is 0.144. The van der Waals surface area contributed by atoms with Gasteiger partial charge in [0.05, 0.1) is 7.11 Å². The normalized spacial score (nSPS) is 10.6. The van der Waals surface area contributed by atoms with Gasteiger partial charge in [0.1, 0.15) is 12.2 Å². The highest BCUT2D eigenvalue weighted by molar-refractivity contribution is 7.98. The van der Waals surface area contributed by atoms with Gasteiger partial charge >= 0.3 is 5.97 Å². The molecular formula is C11H11N3O3S. The summed E-state index contributed by atoms with van der Waals surface area (Å²) in [5.74, 6) is -0.492. The zero-order chi connectivity index (χ0) is 13.1. The number of nitrogens with zero attached hydrogens (tertiary/aromatic N) is 3. The molecule has 0 aliphatic heterocycles. The molecule has 2 heterocycles. The molecule has 0 fully saturated rings. The molecule has 6 nitrogen and oxygen atoms in total. The number of ether oxygens (including phenoxy) is 1. The van der Waals surface area contributed by atoms with Gasteiger partial charge in [-0.15, -0.1) is 0 Å². The van der Waals surface area contributed by atoms with E-state index in [1.165, 1.54) is 29.5 Å². The van der Waals surface area contributed by atoms with Crippen molar-refractivity contribution in [2.75, 3.05) is 13.4 Å². The van der Waals surface area contributed by atoms with Gasteiger partial charge in [-0.2, -0.15) is 0 Å². The van der Waals surface area contributed by atoms with Crippen LogP contribution in [-0.2, 0) is 16.1 Å². The minimum Gasteiger partial charge on any atom is -0.468 e. The third kappa shape index (κ3) is 2.35. The summed E-state index contributed by atoms with van der Waals surface area (Å²) >= 11 is 1.37. The molecule has 7 heteroatoms. The second-order valence-corrected chi connectivity index (χ2v) is 4.24. The molecule has 0 atom stereocenters. The fraction of sp³-hybridized carbons (Fsp3) is 0.273. The average molecular weight is 265 g/mol. The minimum absolute atomic E-state index is 0.155. The molecule has 0 saturated carbocycles. The van der Waals surface area contributed by atoms with Crippen molar-refractivity contribution in [3.8, 4) is 0 Å². The van der Waals surface area contributed by atoms with Gasteiger partial charge in [-0.1, -0.05) is 11.8 Å². The number of fused-ring (bicyclic) bond motifs is 1. The van der Waals surface area contributed by atoms with E-state index in [2.05, 4.69) is 14.7 Å². The number of hydrogen-bond donors (Lipinski definition) is 0. The predicted octanol–water partition coefficient (Wildman–Crippen LogP) is 0.686. The van der Waals surface area contributed by atoms with Crippen molar-refractivity contribution in [1.82, 2.24) is 14.5 Å². The molecule has 0 unspecified atom stereocenters. The van der Waals surface area contributed by atoms with Gasteiger partial charge < -0.3 is 4.74 Å². The first-order valence-electron chi connectivity index (χ1n) is 5.13. The molecule has 18 heavy (non-hydrogen) atoms. The van der Waals surface area contributed by atoms with Crippen LogP contribution in [-0.4, -0.2) is 33.9 Å². The Morgan fingerprint density at radius 1 is 1.50 bits per heavy atom. The number of aromatic nitrogens is 3. The van der Waals surface area contributed by atoms with Gasteiger partial charge in [0, 0.05) is 17.6 Å². The SMILES string of the molecule is COC(=O)Cn1c(=O)ccc2cnc(SC)nc21. The van der Waals surface area contributed by atoms with E-state index >= 15 is 0 Å². The predicted molar refractivity (Wildman–Crippen MR) is 67.6 cm³/mol. The Morgan fingerprint density at radius 3 is 2.94 bits per heavy atom. The molecule has 0 amide bonds. The standard InChI is InChI=1S/C11H11N3O3S/c1-17-9(16)6-14-8(15)4-3-7-5-12-11(18-2)13-10(7)14/h3-5H,6H2,1-2H3. The van der Waals surface area contributed by atoms with Crippen LogP contribution in [0.25, 0.3) is 11.0 Å². The zero-order valence-electron chi connectivity index (χ0n) is 9.91. The summed E-state index contributed by atoms with van der Waals surface area (Å²) in [6.45, 7) is -0.155. The van der Waals surface area contributed by atoms with E-state index < -0.39 is 5.97 Å². The van der Waals surface area contributed by atoms with Crippen molar-refractivity contribution in [2.45, 2.75) is 11.7 Å². The van der Waals surface area contributed by atoms with E-state index in [0.29, 0.717) is 16.2 Å². The number of rotatable bonds is 3. The van der Waals surface area contributed by atoms with Gasteiger partial charge in [0.15, 0.2) is 5.16 Å². The van der Waals surface area contributed by atoms with E-state index in [9.17, 15) is 9.59 Å². The number of thioether (sulfide) groups is 1. The molecular weight excluding hydrogens is 254 g/mol. The van der Waals surface area contributed by atoms with Crippen molar-refractivity contribution in [3.05, 3.63) is 28.7 Å². The number of carbonyl (C=O) groups is 1. The molecule has 0 aliphatic rings. The molecule has 2 aromatic heterocycles. The summed E-state index contributed by atoms with van der Waals surface area (Å²) in [6.07, 6.45) is 3.47. The third-order valence-electron chi connectivity index (χ3n) is 2.40. The lowest BCUT2D eigenvalue weighted by atomic mass is 10.3. The van der Waals surface area contributed by atoms with Gasteiger partial charge in [0.25, 0.3) is 5.56 Å². The molecule has 2 rings (SSSR count). The van der Waals surface area contributed by atoms with Crippen molar-refractivity contribution in [1.29, 1.82) is 0 Å². The van der Waals surface area contributed by atoms with Gasteiger partial charge in [-0.3, -0.25) is 14.2 Å². The lowest BCUT2D eigenvalue weighted by Crippen LogP contribution is -2.25. The van der Waals surface area contributed by atoms with Gasteiger partial charge in [-0.05, 0) is 12.3 Å². The van der Waals surface area contributed by atoms with E-state index in [4.69, 9.17) is 0 Å². The van der Waals surface area contributed by atoms with Gasteiger partial charge in [0.2, 0.25) is 0 Å². The Labute approximate surface area is 107 Å². The van der Waals surface area contributed by atoms with Crippen LogP contribution >= 0.6 is 11.8 Å². The van der Waals surface area contributed by atoms with E-state index in [-0.39, 0.29) is 12.1 Å². The molecule has 2 aromatic rings. The molecule has 0 spiro atoms. The molecule has 0 aliphatic carbocycles. The van der Waals surface area contributed by atoms with E-state index in [1.807, 2.05) is 6.26 Å². The molecule has 0 saturated heterocycles. The number of carbonyl (C=O) groups excluding carboxylic acids is 1. The van der Waals surface area contributed by atoms with Crippen molar-refractivity contribution < 1.29 is 9.53 Å². The van der Waals surface area contributed by atoms with Crippen LogP contribution in [0, 0.1) is 0 Å². The monoisotopic (exact) mass is 265 g/mol. The Balaban J connectivity index is 2.64. The fourth-order valence-electron chi connectivity index (χ4n) is 1.50. The molecule has 0 radical (unpaired) electrons. The summed E-state index contributed by atoms with van der Waals surface area (Å²) in [7, 11) is 1.28. The number of esters is 1. The summed E-state index contributed by atoms with van der Waals surface area (Å²) in [6, 6.07) is 3.02. The lowest BCUT2D eigenvalue weighted by molar-refractivity contribution is -0.141. The maximum absolute atomic E-state index is 11.8. The number of hydrogen-bond acceptors (Lipinski definition) is 6. The van der Waals surface area contributed by atoms with Crippen molar-refractivity contribution in [2.24, 2.45) is 0 Å². The first-order valence-corrected chi connectivity index (χ1v) is 6.35. The van der Waals surface area contributed by atoms with Crippen LogP contribution in [0.1, 0.15) is 0 Å². The van der Waals surface area contributed by atoms with Crippen LogP contribution in [0.3, 0.4) is 0 Å². The summed E-state index contributed by atoms with van der Waals surface area (Å²) in [5, 5.41) is 1.25. The van der Waals surface area contributed by atoms with Crippen LogP contribution in [0.4, 0.5) is 0 Å². The average Bonchev–Trinajstić information content (AvgIpc) is 2.41. The van der Waals surface area contributed by atoms with Crippen molar-refractivity contribution >= 4 is 28.8 Å². The van der Waals surface area contributed by atoms with Crippen LogP contribution < -0.4 is 5.56 Å². The Hall–Kier alpha value is -1.89. The summed E-state index contributed by atoms with van der Waals surface area (Å²) < 4.78 is 5.85. The topological polar surface area (TPSA) is 74.1 Å². The second kappa shape index (κ2) is 5.18. The highest BCUT2D eigenvalue weighted by Gasteiger charge is 2.10. The largest absolute Gasteiger partial charge is 0.468 e. The Kier molecular flexibility index (Phi) is 3.61. The third-order valence-corrected chi connectivity index (χ3v) is 2.96. The van der Waals surface area contributed by atoms with Gasteiger partial charge in [-0.25, -0.2) is 9.97 Å². The molecule has 0 aromatic carbocycles. The zero-order valence-corrected chi connectivity index (χ0v) is 10.7. The molecule has 94 valence electrons. The highest BCUT2D eigenvalue weighted by Crippen LogP contribution is 2.13. The first-order chi connectivity index (χ1) is 8.65. The van der Waals surface area contributed by atoms with E-state index in [1.54, 1.807) is 12.3 Å². The highest BCUT2D eigenvalue weighted by atomic mass is 32.2. The quantitative estimate of drug-likeness (QED) is 0.462. The number of pyridine rings is 1. The smallest absolute Gasteiger partial charge is 0.325 e. The summed E-state index contributed by atoms with van der Waals surface area (Å²) in [4.78, 5) is 31.4. The first kappa shape index (κ1) is 12.6. The second-order valence-electron chi connectivity index (χ2n) is 3.47. The maximum atomic E-state index is 11.8. The molecule has 0 bridgehead atoms. The van der Waals surface area contributed by atoms with Crippen molar-refractivity contribution in [3.63, 3.8) is 0 Å². The Bertz CT molecular complexity index is 654. The van der Waals surface area contributed by atoms with Crippen LogP contribution in [0.15, 0.2) is 28.3 Å².